The molecule has 1 atom stereocenters. The van der Waals surface area contributed by atoms with E-state index in [1.807, 2.05) is 27.0 Å². The fourth-order valence-corrected chi connectivity index (χ4v) is 2.75. The Labute approximate surface area is 132 Å². The SMILES string of the molecule is CC(C)NC(=O)c1ccccc1NC(=O)C1CCCN(C)C1. The summed E-state index contributed by atoms with van der Waals surface area (Å²) in [5.41, 5.74) is 1.09. The van der Waals surface area contributed by atoms with E-state index >= 15 is 0 Å². The van der Waals surface area contributed by atoms with Gasteiger partial charge in [-0.3, -0.25) is 9.59 Å². The number of likely N-dealkylation sites (tertiary alicyclic amines) is 1. The monoisotopic (exact) mass is 303 g/mol. The maximum Gasteiger partial charge on any atom is 0.253 e. The third-order valence-electron chi connectivity index (χ3n) is 3.84. The number of hydrogen-bond donors (Lipinski definition) is 2. The lowest BCUT2D eigenvalue weighted by atomic mass is 9.97. The first-order valence-electron chi connectivity index (χ1n) is 7.86. The fraction of sp³-hybridized carbons (Fsp3) is 0.529. The molecule has 1 heterocycles. The number of rotatable bonds is 4. The van der Waals surface area contributed by atoms with E-state index in [4.69, 9.17) is 0 Å². The zero-order valence-electron chi connectivity index (χ0n) is 13.6. The summed E-state index contributed by atoms with van der Waals surface area (Å²) >= 11 is 0. The molecule has 120 valence electrons. The van der Waals surface area contributed by atoms with Crippen LogP contribution < -0.4 is 10.6 Å². The highest BCUT2D eigenvalue weighted by molar-refractivity contribution is 6.04. The number of carbonyl (C=O) groups excluding carboxylic acids is 2. The number of carbonyl (C=O) groups is 2. The summed E-state index contributed by atoms with van der Waals surface area (Å²) in [7, 11) is 2.03. The van der Waals surface area contributed by atoms with Gasteiger partial charge in [0.25, 0.3) is 5.91 Å². The van der Waals surface area contributed by atoms with Gasteiger partial charge in [0.2, 0.25) is 5.91 Å². The van der Waals surface area contributed by atoms with Crippen LogP contribution in [0.2, 0.25) is 0 Å². The second-order valence-corrected chi connectivity index (χ2v) is 6.26. The van der Waals surface area contributed by atoms with E-state index in [0.717, 1.165) is 25.9 Å². The zero-order chi connectivity index (χ0) is 16.1. The molecule has 2 rings (SSSR count). The van der Waals surface area contributed by atoms with Crippen LogP contribution in [0.3, 0.4) is 0 Å². The van der Waals surface area contributed by atoms with Gasteiger partial charge in [-0.15, -0.1) is 0 Å². The van der Waals surface area contributed by atoms with E-state index in [1.165, 1.54) is 0 Å². The van der Waals surface area contributed by atoms with Crippen LogP contribution in [0.25, 0.3) is 0 Å². The van der Waals surface area contributed by atoms with Crippen LogP contribution in [0, 0.1) is 5.92 Å². The minimum Gasteiger partial charge on any atom is -0.350 e. The number of benzene rings is 1. The summed E-state index contributed by atoms with van der Waals surface area (Å²) in [5, 5.41) is 5.79. The Balaban J connectivity index is 2.09. The zero-order valence-corrected chi connectivity index (χ0v) is 13.6. The first-order chi connectivity index (χ1) is 10.5. The van der Waals surface area contributed by atoms with Gasteiger partial charge in [0.15, 0.2) is 0 Å². The molecule has 2 N–H and O–H groups in total. The summed E-state index contributed by atoms with van der Waals surface area (Å²) in [6, 6.07) is 7.21. The lowest BCUT2D eigenvalue weighted by Gasteiger charge is -2.28. The van der Waals surface area contributed by atoms with Gasteiger partial charge in [-0.05, 0) is 52.4 Å². The van der Waals surface area contributed by atoms with Crippen molar-refractivity contribution in [3.05, 3.63) is 29.8 Å². The number of piperidine rings is 1. The summed E-state index contributed by atoms with van der Waals surface area (Å²) in [6.45, 7) is 5.64. The number of nitrogens with zero attached hydrogens (tertiary/aromatic N) is 1. The van der Waals surface area contributed by atoms with Crippen molar-refractivity contribution >= 4 is 17.5 Å². The molecule has 5 heteroatoms. The molecule has 0 aliphatic carbocycles. The maximum atomic E-state index is 12.4. The third kappa shape index (κ3) is 4.31. The lowest BCUT2D eigenvalue weighted by Crippen LogP contribution is -2.39. The average Bonchev–Trinajstić information content (AvgIpc) is 2.47. The van der Waals surface area contributed by atoms with Crippen LogP contribution in [0.15, 0.2) is 24.3 Å². The fourth-order valence-electron chi connectivity index (χ4n) is 2.75. The van der Waals surface area contributed by atoms with Crippen molar-refractivity contribution in [1.82, 2.24) is 10.2 Å². The molecule has 22 heavy (non-hydrogen) atoms. The second-order valence-electron chi connectivity index (χ2n) is 6.26. The predicted molar refractivity (Wildman–Crippen MR) is 87.9 cm³/mol. The molecule has 0 spiro atoms. The maximum absolute atomic E-state index is 12.4. The summed E-state index contributed by atoms with van der Waals surface area (Å²) in [6.07, 6.45) is 1.93. The molecule has 1 fully saturated rings. The molecule has 1 saturated heterocycles. The molecule has 0 aromatic heterocycles. The van der Waals surface area contributed by atoms with Gasteiger partial charge >= 0.3 is 0 Å². The van der Waals surface area contributed by atoms with Gasteiger partial charge in [-0.25, -0.2) is 0 Å². The number of nitrogens with one attached hydrogen (secondary N) is 2. The molecule has 0 saturated carbocycles. The Morgan fingerprint density at radius 1 is 1.27 bits per heavy atom. The van der Waals surface area contributed by atoms with Gasteiger partial charge < -0.3 is 15.5 Å². The van der Waals surface area contributed by atoms with Gasteiger partial charge in [0, 0.05) is 12.6 Å². The van der Waals surface area contributed by atoms with Crippen LogP contribution in [0.5, 0.6) is 0 Å². The van der Waals surface area contributed by atoms with Crippen molar-refractivity contribution in [3.63, 3.8) is 0 Å². The van der Waals surface area contributed by atoms with E-state index in [9.17, 15) is 9.59 Å². The van der Waals surface area contributed by atoms with Crippen molar-refractivity contribution in [2.24, 2.45) is 5.92 Å². The molecule has 1 aliphatic heterocycles. The van der Waals surface area contributed by atoms with Crippen LogP contribution in [-0.4, -0.2) is 42.9 Å². The predicted octanol–water partition coefficient (Wildman–Crippen LogP) is 2.11. The smallest absolute Gasteiger partial charge is 0.253 e. The number of hydrogen-bond acceptors (Lipinski definition) is 3. The highest BCUT2D eigenvalue weighted by Gasteiger charge is 2.25. The third-order valence-corrected chi connectivity index (χ3v) is 3.84. The molecule has 0 bridgehead atoms. The number of amides is 2. The number of para-hydroxylation sites is 1. The van der Waals surface area contributed by atoms with E-state index in [1.54, 1.807) is 18.2 Å². The molecule has 1 aliphatic rings. The molecular formula is C17H25N3O2. The van der Waals surface area contributed by atoms with Crippen molar-refractivity contribution in [1.29, 1.82) is 0 Å². The largest absolute Gasteiger partial charge is 0.350 e. The first-order valence-corrected chi connectivity index (χ1v) is 7.86. The molecule has 1 unspecified atom stereocenters. The van der Waals surface area contributed by atoms with Crippen LogP contribution in [0.1, 0.15) is 37.0 Å². The Morgan fingerprint density at radius 2 is 2.00 bits per heavy atom. The van der Waals surface area contributed by atoms with Gasteiger partial charge in [-0.1, -0.05) is 12.1 Å². The van der Waals surface area contributed by atoms with Crippen molar-refractivity contribution in [2.45, 2.75) is 32.7 Å². The normalized spacial score (nSPS) is 19.0. The quantitative estimate of drug-likeness (QED) is 0.895. The summed E-state index contributed by atoms with van der Waals surface area (Å²) in [5.74, 6) is -0.178. The molecule has 1 aromatic carbocycles. The highest BCUT2D eigenvalue weighted by atomic mass is 16.2. The summed E-state index contributed by atoms with van der Waals surface area (Å²) < 4.78 is 0. The summed E-state index contributed by atoms with van der Waals surface area (Å²) in [4.78, 5) is 26.8. The van der Waals surface area contributed by atoms with Crippen LogP contribution in [0.4, 0.5) is 5.69 Å². The topological polar surface area (TPSA) is 61.4 Å². The Kier molecular flexibility index (Phi) is 5.55. The van der Waals surface area contributed by atoms with Gasteiger partial charge in [0.05, 0.1) is 17.2 Å². The Hall–Kier alpha value is -1.88. The lowest BCUT2D eigenvalue weighted by molar-refractivity contribution is -0.121. The van der Waals surface area contributed by atoms with E-state index in [0.29, 0.717) is 11.3 Å². The van der Waals surface area contributed by atoms with E-state index in [2.05, 4.69) is 15.5 Å². The minimum absolute atomic E-state index is 0.00338. The van der Waals surface area contributed by atoms with Crippen molar-refractivity contribution in [3.8, 4) is 0 Å². The van der Waals surface area contributed by atoms with Crippen molar-refractivity contribution < 1.29 is 9.59 Å². The van der Waals surface area contributed by atoms with Gasteiger partial charge in [0.1, 0.15) is 0 Å². The first kappa shape index (κ1) is 16.5. The highest BCUT2D eigenvalue weighted by Crippen LogP contribution is 2.20. The molecular weight excluding hydrogens is 278 g/mol. The average molecular weight is 303 g/mol. The Bertz CT molecular complexity index is 542. The number of anilines is 1. The van der Waals surface area contributed by atoms with Gasteiger partial charge in [-0.2, -0.15) is 0 Å². The van der Waals surface area contributed by atoms with Crippen molar-refractivity contribution in [2.75, 3.05) is 25.5 Å². The van der Waals surface area contributed by atoms with Crippen LogP contribution >= 0.6 is 0 Å². The molecule has 1 aromatic rings. The van der Waals surface area contributed by atoms with Crippen LogP contribution in [-0.2, 0) is 4.79 Å². The molecule has 2 amide bonds. The molecule has 0 radical (unpaired) electrons. The Morgan fingerprint density at radius 3 is 2.68 bits per heavy atom. The second kappa shape index (κ2) is 7.40. The van der Waals surface area contributed by atoms with E-state index in [-0.39, 0.29) is 23.8 Å². The standard InChI is InChI=1S/C17H25N3O2/c1-12(2)18-17(22)14-8-4-5-9-15(14)19-16(21)13-7-6-10-20(3)11-13/h4-5,8-9,12-13H,6-7,10-11H2,1-3H3,(H,18,22)(H,19,21). The van der Waals surface area contributed by atoms with E-state index < -0.39 is 0 Å². The molecule has 5 nitrogen and oxygen atoms in total. The minimum atomic E-state index is -0.160.